The minimum absolute atomic E-state index is 0.137. The van der Waals surface area contributed by atoms with Gasteiger partial charge in [-0.1, -0.05) is 0 Å². The van der Waals surface area contributed by atoms with Crippen LogP contribution in [-0.2, 0) is 10.8 Å². The Kier molecular flexibility index (Phi) is 7.57. The van der Waals surface area contributed by atoms with E-state index in [9.17, 15) is 79.0 Å². The predicted molar refractivity (Wildman–Crippen MR) is 85.6 cm³/mol. The minimum atomic E-state index is -7.68. The Morgan fingerprint density at radius 1 is 0.395 bits per heavy atom. The third kappa shape index (κ3) is 4.64. The molecule has 1 aromatic rings. The number of hydrogen-bond donors (Lipinski definition) is 0. The van der Waals surface area contributed by atoms with Crippen LogP contribution < -0.4 is 4.90 Å². The summed E-state index contributed by atoms with van der Waals surface area (Å²) in [5.41, 5.74) is -14.8. The summed E-state index contributed by atoms with van der Waals surface area (Å²) in [5.74, 6) is -9.93. The number of nitrogens with zero attached hydrogens (tertiary/aromatic N) is 4. The second kappa shape index (κ2) is 9.05. The van der Waals surface area contributed by atoms with E-state index in [-0.39, 0.29) is 24.2 Å². The van der Waals surface area contributed by atoms with Gasteiger partial charge < -0.3 is 4.90 Å². The summed E-state index contributed by atoms with van der Waals surface area (Å²) in [5, 5.41) is 0. The second-order valence-corrected chi connectivity index (χ2v) is 7.82. The van der Waals surface area contributed by atoms with Gasteiger partial charge in [-0.15, -0.1) is 0 Å². The van der Waals surface area contributed by atoms with Crippen LogP contribution in [0.2, 0.25) is 0 Å². The summed E-state index contributed by atoms with van der Waals surface area (Å²) in [6, 6.07) is 0. The maximum absolute atomic E-state index is 13.5. The average molecular weight is 600 g/mol. The fraction of sp³-hybridized carbons (Fsp3) is 0.812. The normalized spacial score (nSPS) is 17.7. The molecule has 0 radical (unpaired) electrons. The highest BCUT2D eigenvalue weighted by Crippen LogP contribution is 2.62. The Morgan fingerprint density at radius 2 is 0.658 bits per heavy atom. The molecule has 0 aromatic carbocycles. The molecule has 1 fully saturated rings. The lowest BCUT2D eigenvalue weighted by Gasteiger charge is -2.40. The average Bonchev–Trinajstić information content (AvgIpc) is 2.62. The highest BCUT2D eigenvalue weighted by atomic mass is 19.4. The third-order valence-corrected chi connectivity index (χ3v) is 5.48. The van der Waals surface area contributed by atoms with E-state index in [1.807, 2.05) is 0 Å². The van der Waals surface area contributed by atoms with E-state index in [4.69, 9.17) is 0 Å². The van der Waals surface area contributed by atoms with Gasteiger partial charge in [0, 0.05) is 13.1 Å². The van der Waals surface area contributed by atoms with Crippen LogP contribution in [0.1, 0.15) is 30.9 Å². The third-order valence-electron chi connectivity index (χ3n) is 5.48. The van der Waals surface area contributed by atoms with Gasteiger partial charge in [0.2, 0.25) is 5.95 Å². The van der Waals surface area contributed by atoms with Crippen molar-refractivity contribution in [3.63, 3.8) is 0 Å². The van der Waals surface area contributed by atoms with Crippen LogP contribution in [0.25, 0.3) is 0 Å². The molecule has 0 atom stereocenters. The minimum Gasteiger partial charge on any atom is -0.341 e. The van der Waals surface area contributed by atoms with Gasteiger partial charge in [0.15, 0.2) is 11.6 Å². The van der Waals surface area contributed by atoms with Crippen molar-refractivity contribution in [2.24, 2.45) is 0 Å². The number of halogens is 18. The molecule has 38 heavy (non-hydrogen) atoms. The van der Waals surface area contributed by atoms with Crippen molar-refractivity contribution in [2.45, 2.75) is 67.2 Å². The van der Waals surface area contributed by atoms with Crippen molar-refractivity contribution in [1.29, 1.82) is 0 Å². The molecule has 4 nitrogen and oxygen atoms in total. The molecule has 0 spiro atoms. The van der Waals surface area contributed by atoms with Gasteiger partial charge in [-0.2, -0.15) is 89.0 Å². The fourth-order valence-electron chi connectivity index (χ4n) is 3.66. The largest absolute Gasteiger partial charge is 0.419 e. The highest BCUT2D eigenvalue weighted by molar-refractivity contribution is 5.37. The van der Waals surface area contributed by atoms with E-state index >= 15 is 0 Å². The number of hydrogen-bond acceptors (Lipinski definition) is 4. The molecular weight excluding hydrogens is 590 g/mol. The molecule has 1 aliphatic heterocycles. The molecule has 0 aliphatic carbocycles. The zero-order valence-corrected chi connectivity index (χ0v) is 17.6. The predicted octanol–water partition coefficient (Wildman–Crippen LogP) is 6.71. The molecule has 22 heteroatoms. The zero-order chi connectivity index (χ0) is 30.0. The van der Waals surface area contributed by atoms with Crippen LogP contribution in [-0.4, -0.2) is 65.1 Å². The molecule has 2 rings (SSSR count). The first-order valence-corrected chi connectivity index (χ1v) is 9.60. The fourth-order valence-corrected chi connectivity index (χ4v) is 3.66. The molecule has 0 saturated carbocycles. The van der Waals surface area contributed by atoms with Gasteiger partial charge in [-0.3, -0.25) is 0 Å². The van der Waals surface area contributed by atoms with Gasteiger partial charge in [0.1, 0.15) is 0 Å². The van der Waals surface area contributed by atoms with E-state index < -0.39 is 78.6 Å². The van der Waals surface area contributed by atoms with Crippen LogP contribution in [0.3, 0.4) is 0 Å². The molecule has 1 saturated heterocycles. The first-order valence-electron chi connectivity index (χ1n) is 9.60. The number of aromatic nitrogens is 3. The number of rotatable bonds is 3. The summed E-state index contributed by atoms with van der Waals surface area (Å²) in [6.07, 6.45) is -46.2. The van der Waals surface area contributed by atoms with E-state index in [1.165, 1.54) is 4.98 Å². The molecule has 1 aromatic heterocycles. The first-order chi connectivity index (χ1) is 16.7. The van der Waals surface area contributed by atoms with Crippen LogP contribution in [0.15, 0.2) is 0 Å². The number of alkyl halides is 18. The summed E-state index contributed by atoms with van der Waals surface area (Å²) in [7, 11) is 0. The summed E-state index contributed by atoms with van der Waals surface area (Å²) in [4.78, 5) is 6.10. The second-order valence-electron chi connectivity index (χ2n) is 7.82. The monoisotopic (exact) mass is 600 g/mol. The van der Waals surface area contributed by atoms with Crippen LogP contribution >= 0.6 is 0 Å². The molecular formula is C16H10F18N4. The molecule has 0 unspecified atom stereocenters. The highest BCUT2D eigenvalue weighted by Gasteiger charge is 2.89. The molecule has 1 aliphatic rings. The van der Waals surface area contributed by atoms with Crippen LogP contribution in [0, 0.1) is 0 Å². The summed E-state index contributed by atoms with van der Waals surface area (Å²) < 4.78 is 244. The van der Waals surface area contributed by atoms with Gasteiger partial charge in [-0.25, -0.2) is 4.98 Å². The Morgan fingerprint density at radius 3 is 0.895 bits per heavy atom. The molecule has 0 amide bonds. The Labute approximate surface area is 198 Å². The van der Waals surface area contributed by atoms with E-state index in [0.717, 1.165) is 0 Å². The van der Waals surface area contributed by atoms with Crippen molar-refractivity contribution in [1.82, 2.24) is 15.0 Å². The lowest BCUT2D eigenvalue weighted by molar-refractivity contribution is -0.391. The summed E-state index contributed by atoms with van der Waals surface area (Å²) in [6.45, 7) is -1.34. The van der Waals surface area contributed by atoms with E-state index in [2.05, 4.69) is 9.97 Å². The molecule has 220 valence electrons. The molecule has 2 heterocycles. The summed E-state index contributed by atoms with van der Waals surface area (Å²) >= 11 is 0. The maximum atomic E-state index is 13.5. The SMILES string of the molecule is FC(F)(F)C(c1nc(N2CCCCC2)nc(C(C(F)(F)F)(C(F)(F)F)C(F)(F)F)n1)(C(F)(F)F)C(F)(F)F. The Balaban J connectivity index is 3.27. The van der Waals surface area contributed by atoms with Crippen molar-refractivity contribution in [2.75, 3.05) is 18.0 Å². The van der Waals surface area contributed by atoms with E-state index in [1.54, 1.807) is 0 Å². The van der Waals surface area contributed by atoms with E-state index in [0.29, 0.717) is 0 Å². The maximum Gasteiger partial charge on any atom is 0.419 e. The number of piperidine rings is 1. The van der Waals surface area contributed by atoms with Crippen molar-refractivity contribution in [3.8, 4) is 0 Å². The Hall–Kier alpha value is -2.45. The first kappa shape index (κ1) is 31.8. The van der Waals surface area contributed by atoms with Crippen LogP contribution in [0.5, 0.6) is 0 Å². The van der Waals surface area contributed by atoms with Gasteiger partial charge in [0.25, 0.3) is 0 Å². The van der Waals surface area contributed by atoms with Crippen molar-refractivity contribution >= 4 is 5.95 Å². The smallest absolute Gasteiger partial charge is 0.341 e. The van der Waals surface area contributed by atoms with Crippen LogP contribution in [0.4, 0.5) is 85.0 Å². The number of anilines is 1. The van der Waals surface area contributed by atoms with Gasteiger partial charge in [-0.05, 0) is 19.3 Å². The standard InChI is InChI=1S/C16H10F18N4/c17-11(18,19)9(12(20,21)22,13(23,24)25)6-35-7(37-8(36-6)38-4-2-1-3-5-38)10(14(26,27)28,15(29,30)31)16(32,33)34/h1-5H2. The topological polar surface area (TPSA) is 41.9 Å². The lowest BCUT2D eigenvalue weighted by atomic mass is 9.82. The van der Waals surface area contributed by atoms with Gasteiger partial charge in [0.05, 0.1) is 0 Å². The quantitative estimate of drug-likeness (QED) is 0.362. The molecule has 0 bridgehead atoms. The lowest BCUT2D eigenvalue weighted by Crippen LogP contribution is -2.66. The molecule has 0 N–H and O–H groups in total. The Bertz CT molecular complexity index is 850. The zero-order valence-electron chi connectivity index (χ0n) is 17.6. The van der Waals surface area contributed by atoms with Gasteiger partial charge >= 0.3 is 47.9 Å². The van der Waals surface area contributed by atoms with Crippen molar-refractivity contribution in [3.05, 3.63) is 11.6 Å². The van der Waals surface area contributed by atoms with Crippen molar-refractivity contribution < 1.29 is 79.0 Å².